The molecule has 0 N–H and O–H groups in total. The van der Waals surface area contributed by atoms with Gasteiger partial charge in [-0.2, -0.15) is 0 Å². The first-order chi connectivity index (χ1) is 11.7. The largest absolute Gasteiger partial charge is 0.445 e. The third-order valence-electron chi connectivity index (χ3n) is 5.10. The molecule has 2 nitrogen and oxygen atoms in total. The Morgan fingerprint density at radius 3 is 1.83 bits per heavy atom. The minimum absolute atomic E-state index is 0.776. The summed E-state index contributed by atoms with van der Waals surface area (Å²) in [7, 11) is 2.32. The second-order valence-electron chi connectivity index (χ2n) is 7.43. The van der Waals surface area contributed by atoms with Crippen molar-refractivity contribution in [2.75, 3.05) is 26.9 Å². The molecule has 0 aromatic heterocycles. The average Bonchev–Trinajstić information content (AvgIpc) is 2.62. The number of hydrogen-bond acceptors (Lipinski definition) is 1. The first-order valence-corrected chi connectivity index (χ1v) is 10.2. The molecule has 0 spiro atoms. The van der Waals surface area contributed by atoms with Gasteiger partial charge in [0.2, 0.25) is 6.73 Å². The van der Waals surface area contributed by atoms with Crippen LogP contribution in [0.25, 0.3) is 0 Å². The van der Waals surface area contributed by atoms with Crippen molar-refractivity contribution >= 4 is 0 Å². The maximum Gasteiger partial charge on any atom is 0.223 e. The molecule has 0 saturated carbocycles. The number of hydrogen-bond donors (Lipinski definition) is 0. The predicted octanol–water partition coefficient (Wildman–Crippen LogP) is 6.41. The van der Waals surface area contributed by atoms with E-state index in [0.717, 1.165) is 23.5 Å². The van der Waals surface area contributed by atoms with E-state index in [4.69, 9.17) is 4.74 Å². The van der Waals surface area contributed by atoms with Crippen LogP contribution in [0.1, 0.15) is 78.1 Å². The minimum atomic E-state index is 0.776. The fraction of sp³-hybridized carbons (Fsp3) is 0.727. The number of ether oxygens (including phenoxy) is 1. The van der Waals surface area contributed by atoms with Crippen LogP contribution in [-0.4, -0.2) is 31.4 Å². The van der Waals surface area contributed by atoms with Gasteiger partial charge in [0.1, 0.15) is 5.75 Å². The minimum Gasteiger partial charge on any atom is -0.445 e. The predicted molar refractivity (Wildman–Crippen MR) is 105 cm³/mol. The van der Waals surface area contributed by atoms with Gasteiger partial charge in [-0.3, -0.25) is 4.48 Å². The smallest absolute Gasteiger partial charge is 0.223 e. The second-order valence-corrected chi connectivity index (χ2v) is 7.43. The third-order valence-corrected chi connectivity index (χ3v) is 5.10. The third kappa shape index (κ3) is 9.97. The molecule has 0 heterocycles. The summed E-state index contributed by atoms with van der Waals surface area (Å²) in [5.74, 6) is 0.985. The second kappa shape index (κ2) is 13.3. The van der Waals surface area contributed by atoms with E-state index in [9.17, 15) is 0 Å². The van der Waals surface area contributed by atoms with Gasteiger partial charge in [0.05, 0.1) is 20.1 Å². The first kappa shape index (κ1) is 21.0. The van der Waals surface area contributed by atoms with Gasteiger partial charge in [0.25, 0.3) is 0 Å². The Kier molecular flexibility index (Phi) is 11.6. The van der Waals surface area contributed by atoms with Gasteiger partial charge in [0, 0.05) is 0 Å². The van der Waals surface area contributed by atoms with Crippen LogP contribution in [0, 0.1) is 0 Å². The summed E-state index contributed by atoms with van der Waals surface area (Å²) in [6, 6.07) is 10.2. The maximum atomic E-state index is 5.98. The molecule has 1 atom stereocenters. The molecular weight excluding hydrogens is 294 g/mol. The average molecular weight is 335 g/mol. The van der Waals surface area contributed by atoms with Crippen LogP contribution < -0.4 is 4.74 Å². The molecule has 2 heteroatoms. The van der Waals surface area contributed by atoms with Crippen LogP contribution in [0.3, 0.4) is 0 Å². The summed E-state index contributed by atoms with van der Waals surface area (Å²) >= 11 is 0. The van der Waals surface area contributed by atoms with Crippen LogP contribution >= 0.6 is 0 Å². The van der Waals surface area contributed by atoms with E-state index in [1.807, 2.05) is 30.3 Å². The summed E-state index contributed by atoms with van der Waals surface area (Å²) in [6.45, 7) is 7.68. The normalized spacial score (nSPS) is 13.6. The van der Waals surface area contributed by atoms with E-state index >= 15 is 0 Å². The van der Waals surface area contributed by atoms with Crippen LogP contribution in [0.5, 0.6) is 5.75 Å². The molecule has 1 aromatic carbocycles. The van der Waals surface area contributed by atoms with Crippen molar-refractivity contribution in [2.24, 2.45) is 0 Å². The summed E-state index contributed by atoms with van der Waals surface area (Å²) in [5, 5.41) is 0. The van der Waals surface area contributed by atoms with E-state index in [1.54, 1.807) is 0 Å². The van der Waals surface area contributed by atoms with Crippen LogP contribution in [-0.2, 0) is 0 Å². The summed E-state index contributed by atoms with van der Waals surface area (Å²) in [6.07, 6.45) is 14.0. The molecule has 0 amide bonds. The lowest BCUT2D eigenvalue weighted by Gasteiger charge is -2.32. The molecule has 0 aliphatic rings. The van der Waals surface area contributed by atoms with Gasteiger partial charge in [-0.1, -0.05) is 76.5 Å². The zero-order valence-electron chi connectivity index (χ0n) is 16.4. The van der Waals surface area contributed by atoms with Gasteiger partial charge in [-0.05, 0) is 31.9 Å². The van der Waals surface area contributed by atoms with E-state index in [1.165, 1.54) is 70.8 Å². The van der Waals surface area contributed by atoms with Gasteiger partial charge in [-0.15, -0.1) is 0 Å². The number of nitrogens with zero attached hydrogens (tertiary/aromatic N) is 1. The first-order valence-electron chi connectivity index (χ1n) is 10.2. The van der Waals surface area contributed by atoms with Crippen molar-refractivity contribution in [3.8, 4) is 5.75 Å². The van der Waals surface area contributed by atoms with Crippen LogP contribution in [0.4, 0.5) is 0 Å². The lowest BCUT2D eigenvalue weighted by atomic mass is 10.1. The number of unbranched alkanes of at least 4 members (excludes halogenated alkanes) is 9. The molecular formula is C22H40NO+. The Morgan fingerprint density at radius 2 is 1.29 bits per heavy atom. The fourth-order valence-electron chi connectivity index (χ4n) is 3.04. The monoisotopic (exact) mass is 334 g/mol. The Balaban J connectivity index is 2.06. The standard InChI is InChI=1S/C22H40NO/c1-4-6-7-8-9-10-11-12-13-17-20-23(3,5-2)21-24-22-18-15-14-16-19-22/h14-16,18-19H,4-13,17,20-21H2,1-3H3/q+1. The SMILES string of the molecule is CCCCCCCCCCCC[N+](C)(CC)COc1ccccc1. The Hall–Kier alpha value is -1.02. The zero-order valence-corrected chi connectivity index (χ0v) is 16.4. The van der Waals surface area contributed by atoms with Gasteiger partial charge >= 0.3 is 0 Å². The molecule has 0 bridgehead atoms. The Morgan fingerprint density at radius 1 is 0.750 bits per heavy atom. The highest BCUT2D eigenvalue weighted by molar-refractivity contribution is 5.20. The molecule has 0 fully saturated rings. The zero-order chi connectivity index (χ0) is 17.5. The molecule has 24 heavy (non-hydrogen) atoms. The highest BCUT2D eigenvalue weighted by Gasteiger charge is 2.19. The quantitative estimate of drug-likeness (QED) is 0.204. The van der Waals surface area contributed by atoms with E-state index in [-0.39, 0.29) is 0 Å². The lowest BCUT2D eigenvalue weighted by molar-refractivity contribution is -0.922. The van der Waals surface area contributed by atoms with Crippen LogP contribution in [0.15, 0.2) is 30.3 Å². The number of benzene rings is 1. The molecule has 0 saturated heterocycles. The van der Waals surface area contributed by atoms with Crippen molar-refractivity contribution in [1.29, 1.82) is 0 Å². The molecule has 1 rings (SSSR count). The number of quaternary nitrogens is 1. The van der Waals surface area contributed by atoms with Crippen LogP contribution in [0.2, 0.25) is 0 Å². The maximum absolute atomic E-state index is 5.98. The summed E-state index contributed by atoms with van der Waals surface area (Å²) < 4.78 is 6.98. The van der Waals surface area contributed by atoms with Gasteiger partial charge < -0.3 is 4.74 Å². The molecule has 138 valence electrons. The summed E-state index contributed by atoms with van der Waals surface area (Å²) in [5.41, 5.74) is 0. The van der Waals surface area contributed by atoms with E-state index in [2.05, 4.69) is 20.9 Å². The van der Waals surface area contributed by atoms with Crippen molar-refractivity contribution < 1.29 is 9.22 Å². The Bertz CT molecular complexity index is 392. The van der Waals surface area contributed by atoms with Crippen molar-refractivity contribution in [3.05, 3.63) is 30.3 Å². The van der Waals surface area contributed by atoms with Crippen molar-refractivity contribution in [2.45, 2.75) is 78.1 Å². The highest BCUT2D eigenvalue weighted by Crippen LogP contribution is 2.14. The molecule has 0 aliphatic carbocycles. The highest BCUT2D eigenvalue weighted by atomic mass is 16.5. The number of para-hydroxylation sites is 1. The molecule has 0 aliphatic heterocycles. The Labute approximate surface area is 150 Å². The van der Waals surface area contributed by atoms with E-state index in [0.29, 0.717) is 0 Å². The molecule has 0 radical (unpaired) electrons. The fourth-order valence-corrected chi connectivity index (χ4v) is 3.04. The number of rotatable bonds is 15. The topological polar surface area (TPSA) is 9.23 Å². The van der Waals surface area contributed by atoms with Gasteiger partial charge in [0.15, 0.2) is 0 Å². The lowest BCUT2D eigenvalue weighted by Crippen LogP contribution is -2.47. The summed E-state index contributed by atoms with van der Waals surface area (Å²) in [4.78, 5) is 0. The van der Waals surface area contributed by atoms with E-state index < -0.39 is 0 Å². The molecule has 1 aromatic rings. The van der Waals surface area contributed by atoms with Gasteiger partial charge in [-0.25, -0.2) is 0 Å². The van der Waals surface area contributed by atoms with Crippen molar-refractivity contribution in [3.63, 3.8) is 0 Å². The molecule has 1 unspecified atom stereocenters. The van der Waals surface area contributed by atoms with Crippen molar-refractivity contribution in [1.82, 2.24) is 0 Å².